The van der Waals surface area contributed by atoms with Crippen molar-refractivity contribution in [3.05, 3.63) is 53.2 Å². The highest BCUT2D eigenvalue weighted by Crippen LogP contribution is 2.38. The fourth-order valence-corrected chi connectivity index (χ4v) is 3.18. The number of aromatic nitrogens is 1. The summed E-state index contributed by atoms with van der Waals surface area (Å²) in [5, 5.41) is 13.1. The molecule has 6 nitrogen and oxygen atoms in total. The van der Waals surface area contributed by atoms with Crippen molar-refractivity contribution < 1.29 is 19.4 Å². The monoisotopic (exact) mass is 376 g/mol. The van der Waals surface area contributed by atoms with Gasteiger partial charge in [-0.2, -0.15) is 0 Å². The van der Waals surface area contributed by atoms with Gasteiger partial charge in [-0.3, -0.25) is 4.79 Å². The van der Waals surface area contributed by atoms with Crippen LogP contribution in [0.5, 0.6) is 11.6 Å². The summed E-state index contributed by atoms with van der Waals surface area (Å²) < 4.78 is 10.6. The van der Waals surface area contributed by atoms with Crippen LogP contribution in [0.25, 0.3) is 0 Å². The minimum atomic E-state index is -0.315. The molecule has 2 aromatic rings. The summed E-state index contributed by atoms with van der Waals surface area (Å²) in [5.41, 5.74) is 0.869. The van der Waals surface area contributed by atoms with E-state index in [4.69, 9.17) is 21.1 Å². The van der Waals surface area contributed by atoms with Crippen LogP contribution >= 0.6 is 11.6 Å². The maximum atomic E-state index is 12.4. The van der Waals surface area contributed by atoms with Gasteiger partial charge < -0.3 is 19.9 Å². The van der Waals surface area contributed by atoms with Gasteiger partial charge in [0.05, 0.1) is 24.3 Å². The zero-order valence-electron chi connectivity index (χ0n) is 14.4. The van der Waals surface area contributed by atoms with Gasteiger partial charge in [0.1, 0.15) is 5.75 Å². The van der Waals surface area contributed by atoms with Crippen molar-refractivity contribution in [2.24, 2.45) is 5.92 Å². The maximum Gasteiger partial charge on any atom is 0.258 e. The van der Waals surface area contributed by atoms with E-state index in [1.54, 1.807) is 43.6 Å². The van der Waals surface area contributed by atoms with Crippen LogP contribution in [0, 0.1) is 5.92 Å². The summed E-state index contributed by atoms with van der Waals surface area (Å²) in [4.78, 5) is 16.6. The minimum Gasteiger partial charge on any atom is -0.482 e. The molecule has 0 aliphatic heterocycles. The van der Waals surface area contributed by atoms with Crippen molar-refractivity contribution in [2.45, 2.75) is 25.0 Å². The SMILES string of the molecule is COc1ccc([C@H](NC(=O)COc2ccccc2Cl)C2CC(O)C2)cn1. The molecule has 0 spiro atoms. The number of nitrogens with one attached hydrogen (secondary N) is 1. The van der Waals surface area contributed by atoms with E-state index >= 15 is 0 Å². The van der Waals surface area contributed by atoms with Gasteiger partial charge in [-0.1, -0.05) is 29.8 Å². The number of amides is 1. The van der Waals surface area contributed by atoms with Crippen LogP contribution in [-0.4, -0.2) is 35.8 Å². The predicted octanol–water partition coefficient (Wildman–Crippen LogP) is 2.75. The molecule has 1 aromatic heterocycles. The number of benzene rings is 1. The van der Waals surface area contributed by atoms with Gasteiger partial charge >= 0.3 is 0 Å². The second-order valence-electron chi connectivity index (χ2n) is 6.28. The molecule has 1 aliphatic rings. The van der Waals surface area contributed by atoms with E-state index in [-0.39, 0.29) is 30.6 Å². The molecule has 3 rings (SSSR count). The Labute approximate surface area is 157 Å². The van der Waals surface area contributed by atoms with Crippen molar-refractivity contribution in [1.82, 2.24) is 10.3 Å². The van der Waals surface area contributed by atoms with Crippen LogP contribution in [0.1, 0.15) is 24.4 Å². The summed E-state index contributed by atoms with van der Waals surface area (Å²) in [7, 11) is 1.55. The van der Waals surface area contributed by atoms with Crippen molar-refractivity contribution >= 4 is 17.5 Å². The summed E-state index contributed by atoms with van der Waals surface area (Å²) in [6.45, 7) is -0.140. The van der Waals surface area contributed by atoms with Gasteiger partial charge in [0.15, 0.2) is 6.61 Å². The van der Waals surface area contributed by atoms with Crippen molar-refractivity contribution in [2.75, 3.05) is 13.7 Å². The summed E-state index contributed by atoms with van der Waals surface area (Å²) in [5.74, 6) is 0.872. The number of pyridine rings is 1. The van der Waals surface area contributed by atoms with Gasteiger partial charge in [0, 0.05) is 12.3 Å². The lowest BCUT2D eigenvalue weighted by Crippen LogP contribution is -2.42. The Morgan fingerprint density at radius 2 is 2.12 bits per heavy atom. The third kappa shape index (κ3) is 4.45. The number of para-hydroxylation sites is 1. The normalized spacial score (nSPS) is 20.0. The average Bonchev–Trinajstić information content (AvgIpc) is 2.63. The maximum absolute atomic E-state index is 12.4. The van der Waals surface area contributed by atoms with E-state index in [9.17, 15) is 9.90 Å². The number of aliphatic hydroxyl groups excluding tert-OH is 1. The molecule has 1 aromatic carbocycles. The van der Waals surface area contributed by atoms with Crippen molar-refractivity contribution in [3.8, 4) is 11.6 Å². The van der Waals surface area contributed by atoms with Crippen molar-refractivity contribution in [1.29, 1.82) is 0 Å². The molecule has 0 bridgehead atoms. The van der Waals surface area contributed by atoms with Gasteiger partial charge in [-0.15, -0.1) is 0 Å². The molecule has 1 atom stereocenters. The van der Waals surface area contributed by atoms with E-state index in [1.165, 1.54) is 0 Å². The first kappa shape index (κ1) is 18.5. The van der Waals surface area contributed by atoms with Crippen LogP contribution in [0.15, 0.2) is 42.6 Å². The quantitative estimate of drug-likeness (QED) is 0.776. The summed E-state index contributed by atoms with van der Waals surface area (Å²) in [6.07, 6.45) is 2.65. The highest BCUT2D eigenvalue weighted by molar-refractivity contribution is 6.32. The first-order chi connectivity index (χ1) is 12.6. The van der Waals surface area contributed by atoms with Crippen LogP contribution in [0.4, 0.5) is 0 Å². The lowest BCUT2D eigenvalue weighted by molar-refractivity contribution is -0.125. The highest BCUT2D eigenvalue weighted by atomic mass is 35.5. The Kier molecular flexibility index (Phi) is 5.96. The minimum absolute atomic E-state index is 0.140. The molecule has 26 heavy (non-hydrogen) atoms. The Bertz CT molecular complexity index is 747. The molecule has 1 fully saturated rings. The number of hydrogen-bond donors (Lipinski definition) is 2. The second-order valence-corrected chi connectivity index (χ2v) is 6.69. The molecule has 2 N–H and O–H groups in total. The number of hydrogen-bond acceptors (Lipinski definition) is 5. The topological polar surface area (TPSA) is 80.7 Å². The lowest BCUT2D eigenvalue weighted by Gasteiger charge is -2.38. The van der Waals surface area contributed by atoms with Gasteiger partial charge in [-0.25, -0.2) is 4.98 Å². The first-order valence-electron chi connectivity index (χ1n) is 8.41. The standard InChI is InChI=1S/C19H21ClN2O4/c1-25-18-7-6-12(10-21-18)19(13-8-14(23)9-13)22-17(24)11-26-16-5-3-2-4-15(16)20/h2-7,10,13-14,19,23H,8-9,11H2,1H3,(H,22,24)/t13?,14?,19-/m0/s1. The number of carbonyl (C=O) groups excluding carboxylic acids is 1. The Morgan fingerprint density at radius 1 is 1.35 bits per heavy atom. The number of halogens is 1. The molecule has 0 unspecified atom stereocenters. The Hall–Kier alpha value is -2.31. The molecule has 1 saturated carbocycles. The van der Waals surface area contributed by atoms with Crippen LogP contribution in [0.3, 0.4) is 0 Å². The van der Waals surface area contributed by atoms with E-state index in [0.717, 1.165) is 5.56 Å². The number of rotatable bonds is 7. The molecule has 1 heterocycles. The van der Waals surface area contributed by atoms with E-state index in [0.29, 0.717) is 29.5 Å². The Balaban J connectivity index is 1.65. The third-order valence-electron chi connectivity index (χ3n) is 4.46. The Morgan fingerprint density at radius 3 is 2.73 bits per heavy atom. The molecule has 7 heteroatoms. The molecule has 138 valence electrons. The number of ether oxygens (including phenoxy) is 2. The highest BCUT2D eigenvalue weighted by Gasteiger charge is 2.35. The number of methoxy groups -OCH3 is 1. The number of nitrogens with zero attached hydrogens (tertiary/aromatic N) is 1. The first-order valence-corrected chi connectivity index (χ1v) is 8.79. The van der Waals surface area contributed by atoms with E-state index in [2.05, 4.69) is 10.3 Å². The average molecular weight is 377 g/mol. The fraction of sp³-hybridized carbons (Fsp3) is 0.368. The third-order valence-corrected chi connectivity index (χ3v) is 4.77. The largest absolute Gasteiger partial charge is 0.482 e. The number of aliphatic hydroxyl groups is 1. The second kappa shape index (κ2) is 8.38. The van der Waals surface area contributed by atoms with Gasteiger partial charge in [0.2, 0.25) is 5.88 Å². The molecule has 0 radical (unpaired) electrons. The molecule has 1 aliphatic carbocycles. The zero-order valence-corrected chi connectivity index (χ0v) is 15.1. The van der Waals surface area contributed by atoms with Gasteiger partial charge in [-0.05, 0) is 36.5 Å². The smallest absolute Gasteiger partial charge is 0.258 e. The molecule has 0 saturated heterocycles. The van der Waals surface area contributed by atoms with E-state index < -0.39 is 0 Å². The summed E-state index contributed by atoms with van der Waals surface area (Å²) >= 11 is 6.03. The zero-order chi connectivity index (χ0) is 18.5. The lowest BCUT2D eigenvalue weighted by atomic mass is 9.75. The molecular formula is C19H21ClN2O4. The van der Waals surface area contributed by atoms with Crippen molar-refractivity contribution in [3.63, 3.8) is 0 Å². The van der Waals surface area contributed by atoms with Crippen LogP contribution in [-0.2, 0) is 4.79 Å². The predicted molar refractivity (Wildman–Crippen MR) is 97.4 cm³/mol. The van der Waals surface area contributed by atoms with Gasteiger partial charge in [0.25, 0.3) is 5.91 Å². The van der Waals surface area contributed by atoms with Crippen LogP contribution in [0.2, 0.25) is 5.02 Å². The molecular weight excluding hydrogens is 356 g/mol. The van der Waals surface area contributed by atoms with Crippen LogP contribution < -0.4 is 14.8 Å². The summed E-state index contributed by atoms with van der Waals surface area (Å²) in [6, 6.07) is 10.4. The fourth-order valence-electron chi connectivity index (χ4n) is 2.99. The van der Waals surface area contributed by atoms with E-state index in [1.807, 2.05) is 6.07 Å². The number of carbonyl (C=O) groups is 1. The molecule has 1 amide bonds.